The van der Waals surface area contributed by atoms with Gasteiger partial charge in [-0.3, -0.25) is 4.99 Å². The molecule has 2 aromatic rings. The van der Waals surface area contributed by atoms with Crippen LogP contribution in [-0.4, -0.2) is 42.1 Å². The van der Waals surface area contributed by atoms with Gasteiger partial charge >= 0.3 is 6.18 Å². The lowest BCUT2D eigenvalue weighted by molar-refractivity contribution is -0.132. The molecule has 0 fully saturated rings. The Labute approximate surface area is 167 Å². The lowest BCUT2D eigenvalue weighted by atomic mass is 10.1. The summed E-state index contributed by atoms with van der Waals surface area (Å²) in [7, 11) is 1.49. The summed E-state index contributed by atoms with van der Waals surface area (Å²) >= 11 is 0. The minimum atomic E-state index is -4.21. The number of anilines is 1. The topological polar surface area (TPSA) is 104 Å². The molecule has 1 heterocycles. The first-order valence-corrected chi connectivity index (χ1v) is 9.11. The number of benzene rings is 1. The van der Waals surface area contributed by atoms with E-state index in [2.05, 4.69) is 26.8 Å². The average molecular weight is 407 g/mol. The first kappa shape index (κ1) is 22.1. The first-order valence-electron chi connectivity index (χ1n) is 9.11. The fourth-order valence-electron chi connectivity index (χ4n) is 2.66. The van der Waals surface area contributed by atoms with E-state index in [1.165, 1.54) is 7.05 Å². The van der Waals surface area contributed by atoms with Gasteiger partial charge in [-0.2, -0.15) is 23.5 Å². The minimum absolute atomic E-state index is 0.251. The van der Waals surface area contributed by atoms with Crippen LogP contribution in [0, 0.1) is 18.3 Å². The number of nitrogen functional groups attached to an aromatic ring is 1. The van der Waals surface area contributed by atoms with Crippen molar-refractivity contribution < 1.29 is 13.2 Å². The van der Waals surface area contributed by atoms with Gasteiger partial charge in [-0.15, -0.1) is 0 Å². The first-order chi connectivity index (χ1) is 13.7. The second kappa shape index (κ2) is 9.82. The van der Waals surface area contributed by atoms with Gasteiger partial charge in [0.2, 0.25) is 0 Å². The van der Waals surface area contributed by atoms with Gasteiger partial charge in [0.05, 0.1) is 17.8 Å². The Bertz CT molecular complexity index is 877. The van der Waals surface area contributed by atoms with Crippen molar-refractivity contribution in [3.05, 3.63) is 41.1 Å². The summed E-state index contributed by atoms with van der Waals surface area (Å²) in [5, 5.41) is 19.5. The zero-order valence-electron chi connectivity index (χ0n) is 16.3. The van der Waals surface area contributed by atoms with Gasteiger partial charge in [0.25, 0.3) is 0 Å². The largest absolute Gasteiger partial charge is 0.390 e. The molecular formula is C19H24F3N7. The van der Waals surface area contributed by atoms with Crippen LogP contribution in [0.5, 0.6) is 0 Å². The molecule has 0 radical (unpaired) electrons. The van der Waals surface area contributed by atoms with Gasteiger partial charge < -0.3 is 16.4 Å². The van der Waals surface area contributed by atoms with Gasteiger partial charge in [-0.1, -0.05) is 17.7 Å². The Balaban J connectivity index is 1.93. The Kier molecular flexibility index (Phi) is 7.47. The summed E-state index contributed by atoms with van der Waals surface area (Å²) in [6.07, 6.45) is -4.07. The molecule has 4 N–H and O–H groups in total. The van der Waals surface area contributed by atoms with Crippen LogP contribution in [0.25, 0.3) is 5.69 Å². The fraction of sp³-hybridized carbons (Fsp3) is 0.421. The van der Waals surface area contributed by atoms with E-state index < -0.39 is 12.6 Å². The van der Waals surface area contributed by atoms with Crippen molar-refractivity contribution in [1.82, 2.24) is 20.4 Å². The van der Waals surface area contributed by atoms with Crippen molar-refractivity contribution in [2.75, 3.05) is 25.9 Å². The number of nitrogens with zero attached hydrogens (tertiary/aromatic N) is 4. The Morgan fingerprint density at radius 2 is 1.90 bits per heavy atom. The summed E-state index contributed by atoms with van der Waals surface area (Å²) in [5.41, 5.74) is 8.87. The number of nitriles is 1. The molecule has 0 aliphatic carbocycles. The third kappa shape index (κ3) is 6.41. The molecule has 0 unspecified atom stereocenters. The number of nitrogens with two attached hydrogens (primary N) is 1. The third-order valence-electron chi connectivity index (χ3n) is 4.19. The molecule has 0 bridgehead atoms. The van der Waals surface area contributed by atoms with Crippen molar-refractivity contribution in [3.8, 4) is 11.8 Å². The highest BCUT2D eigenvalue weighted by Crippen LogP contribution is 2.22. The fourth-order valence-corrected chi connectivity index (χ4v) is 2.66. The molecule has 156 valence electrons. The molecule has 7 nitrogen and oxygen atoms in total. The van der Waals surface area contributed by atoms with Crippen LogP contribution in [0.15, 0.2) is 29.3 Å². The zero-order valence-corrected chi connectivity index (χ0v) is 16.3. The van der Waals surface area contributed by atoms with Crippen LogP contribution >= 0.6 is 0 Å². The summed E-state index contributed by atoms with van der Waals surface area (Å²) in [4.78, 5) is 3.89. The van der Waals surface area contributed by atoms with Crippen LogP contribution in [0.1, 0.15) is 29.7 Å². The van der Waals surface area contributed by atoms with Crippen LogP contribution in [-0.2, 0) is 6.42 Å². The van der Waals surface area contributed by atoms with Crippen LogP contribution in [0.2, 0.25) is 0 Å². The molecule has 1 aromatic heterocycles. The standard InChI is InChI=1S/C19H24F3N7/c1-13-5-7-14(8-6-13)29-17(24)15(12-23)16(28-29)4-3-10-26-18(25-2)27-11-9-19(20,21)22/h5-8H,3-4,9-11,24H2,1-2H3,(H2,25,26,27). The maximum atomic E-state index is 12.2. The highest BCUT2D eigenvalue weighted by molar-refractivity contribution is 5.79. The van der Waals surface area contributed by atoms with Crippen molar-refractivity contribution in [2.24, 2.45) is 4.99 Å². The molecule has 0 atom stereocenters. The smallest absolute Gasteiger partial charge is 0.382 e. The number of nitrogens with one attached hydrogen (secondary N) is 2. The summed E-state index contributed by atoms with van der Waals surface area (Å²) in [6.45, 7) is 2.17. The number of aromatic nitrogens is 2. The zero-order chi connectivity index (χ0) is 21.4. The third-order valence-corrected chi connectivity index (χ3v) is 4.19. The lowest BCUT2D eigenvalue weighted by Gasteiger charge is -2.12. The van der Waals surface area contributed by atoms with Gasteiger partial charge in [0.15, 0.2) is 5.96 Å². The Hall–Kier alpha value is -3.22. The van der Waals surface area contributed by atoms with Gasteiger partial charge in [-0.25, -0.2) is 4.68 Å². The molecule has 0 amide bonds. The molecule has 0 saturated heterocycles. The predicted molar refractivity (Wildman–Crippen MR) is 106 cm³/mol. The molecule has 1 aromatic carbocycles. The van der Waals surface area contributed by atoms with Crippen LogP contribution in [0.4, 0.5) is 19.0 Å². The van der Waals surface area contributed by atoms with E-state index in [1.54, 1.807) is 4.68 Å². The van der Waals surface area contributed by atoms with E-state index in [4.69, 9.17) is 5.73 Å². The van der Waals surface area contributed by atoms with E-state index in [1.807, 2.05) is 31.2 Å². The molecule has 2 rings (SSSR count). The monoisotopic (exact) mass is 407 g/mol. The summed E-state index contributed by atoms with van der Waals surface area (Å²) in [6, 6.07) is 9.72. The Morgan fingerprint density at radius 3 is 2.48 bits per heavy atom. The molecular weight excluding hydrogens is 383 g/mol. The Morgan fingerprint density at radius 1 is 1.24 bits per heavy atom. The highest BCUT2D eigenvalue weighted by Gasteiger charge is 2.26. The normalized spacial score (nSPS) is 11.9. The number of alkyl halides is 3. The van der Waals surface area contributed by atoms with Gasteiger partial charge in [0.1, 0.15) is 17.5 Å². The van der Waals surface area contributed by atoms with E-state index in [9.17, 15) is 18.4 Å². The van der Waals surface area contributed by atoms with Crippen molar-refractivity contribution >= 4 is 11.8 Å². The molecule has 29 heavy (non-hydrogen) atoms. The number of aliphatic imine (C=N–C) groups is 1. The highest BCUT2D eigenvalue weighted by atomic mass is 19.4. The van der Waals surface area contributed by atoms with Crippen LogP contribution in [0.3, 0.4) is 0 Å². The van der Waals surface area contributed by atoms with Gasteiger partial charge in [0, 0.05) is 20.1 Å². The molecule has 0 spiro atoms. The van der Waals surface area contributed by atoms with Crippen LogP contribution < -0.4 is 16.4 Å². The van der Waals surface area contributed by atoms with Crippen molar-refractivity contribution in [3.63, 3.8) is 0 Å². The predicted octanol–water partition coefficient (Wildman–Crippen LogP) is 2.68. The number of hydrogen-bond donors (Lipinski definition) is 3. The lowest BCUT2D eigenvalue weighted by Crippen LogP contribution is -2.39. The number of halogens is 3. The molecule has 10 heteroatoms. The second-order valence-corrected chi connectivity index (χ2v) is 6.46. The van der Waals surface area contributed by atoms with E-state index in [0.717, 1.165) is 11.3 Å². The van der Waals surface area contributed by atoms with Crippen molar-refractivity contribution in [2.45, 2.75) is 32.4 Å². The summed E-state index contributed by atoms with van der Waals surface area (Å²) in [5.74, 6) is 0.573. The second-order valence-electron chi connectivity index (χ2n) is 6.46. The molecule has 0 aliphatic heterocycles. The number of rotatable bonds is 7. The molecule has 0 aliphatic rings. The number of hydrogen-bond acceptors (Lipinski definition) is 4. The maximum Gasteiger partial charge on any atom is 0.390 e. The molecule has 0 saturated carbocycles. The quantitative estimate of drug-likeness (QED) is 0.372. The summed E-state index contributed by atoms with van der Waals surface area (Å²) < 4.78 is 38.2. The van der Waals surface area contributed by atoms with Gasteiger partial charge in [-0.05, 0) is 31.9 Å². The number of aryl methyl sites for hydroxylation is 2. The minimum Gasteiger partial charge on any atom is -0.382 e. The van der Waals surface area contributed by atoms with E-state index in [-0.39, 0.29) is 12.4 Å². The maximum absolute atomic E-state index is 12.2. The van der Waals surface area contributed by atoms with E-state index >= 15 is 0 Å². The number of guanidine groups is 1. The SMILES string of the molecule is CN=C(NCCCc1nn(-c2ccc(C)cc2)c(N)c1C#N)NCCC(F)(F)F. The van der Waals surface area contributed by atoms with E-state index in [0.29, 0.717) is 36.6 Å². The van der Waals surface area contributed by atoms with Crippen molar-refractivity contribution in [1.29, 1.82) is 5.26 Å². The average Bonchev–Trinajstić information content (AvgIpc) is 2.98.